The van der Waals surface area contributed by atoms with Crippen molar-refractivity contribution in [3.8, 4) is 0 Å². The number of halogens is 1. The van der Waals surface area contributed by atoms with Crippen molar-refractivity contribution < 1.29 is 13.9 Å². The number of ether oxygens (including phenoxy) is 1. The van der Waals surface area contributed by atoms with Gasteiger partial charge in [0.05, 0.1) is 17.6 Å². The maximum atomic E-state index is 13.6. The molecule has 19 heavy (non-hydrogen) atoms. The van der Waals surface area contributed by atoms with Crippen molar-refractivity contribution in [2.24, 2.45) is 0 Å². The van der Waals surface area contributed by atoms with Gasteiger partial charge in [-0.2, -0.15) is 0 Å². The Hall–Kier alpha value is -1.46. The van der Waals surface area contributed by atoms with E-state index >= 15 is 0 Å². The lowest BCUT2D eigenvalue weighted by Gasteiger charge is -2.30. The molecule has 0 bridgehead atoms. The van der Waals surface area contributed by atoms with Crippen molar-refractivity contribution in [1.82, 2.24) is 4.90 Å². The molecular weight excluding hydrogens is 265 g/mol. The second-order valence-corrected chi connectivity index (χ2v) is 5.78. The Balaban J connectivity index is 1.91. The van der Waals surface area contributed by atoms with Crippen LogP contribution in [0.2, 0.25) is 0 Å². The number of nitrogens with zero attached hydrogens (tertiary/aromatic N) is 1. The molecule has 0 aliphatic carbocycles. The molecule has 2 heterocycles. The van der Waals surface area contributed by atoms with Gasteiger partial charge in [0.1, 0.15) is 5.82 Å². The van der Waals surface area contributed by atoms with Crippen LogP contribution in [0, 0.1) is 5.82 Å². The summed E-state index contributed by atoms with van der Waals surface area (Å²) in [5, 5.41) is 0.525. The first kappa shape index (κ1) is 12.6. The van der Waals surface area contributed by atoms with E-state index in [1.165, 1.54) is 17.4 Å². The van der Waals surface area contributed by atoms with E-state index in [4.69, 9.17) is 4.74 Å². The standard InChI is InChI=1S/C14H14FNO2S/c1-9-8-16(5-6-18-9)14(17)13-7-10-11(15)3-2-4-12(10)19-13/h2-4,7,9H,5-6,8H2,1H3/t9-/m1/s1. The molecule has 1 fully saturated rings. The van der Waals surface area contributed by atoms with Gasteiger partial charge in [-0.3, -0.25) is 4.79 Å². The zero-order valence-electron chi connectivity index (χ0n) is 10.6. The average Bonchev–Trinajstić information content (AvgIpc) is 2.83. The van der Waals surface area contributed by atoms with E-state index in [9.17, 15) is 9.18 Å². The molecule has 1 aliphatic heterocycles. The molecule has 1 atom stereocenters. The summed E-state index contributed by atoms with van der Waals surface area (Å²) in [6.07, 6.45) is 0.0591. The Kier molecular flexibility index (Phi) is 3.24. The summed E-state index contributed by atoms with van der Waals surface area (Å²) >= 11 is 1.34. The number of hydrogen-bond acceptors (Lipinski definition) is 3. The van der Waals surface area contributed by atoms with Crippen LogP contribution in [0.1, 0.15) is 16.6 Å². The molecule has 0 spiro atoms. The lowest BCUT2D eigenvalue weighted by molar-refractivity contribution is -0.0122. The highest BCUT2D eigenvalue weighted by atomic mass is 32.1. The second kappa shape index (κ2) is 4.90. The Labute approximate surface area is 114 Å². The third-order valence-corrected chi connectivity index (χ3v) is 4.34. The lowest BCUT2D eigenvalue weighted by Crippen LogP contribution is -2.44. The zero-order chi connectivity index (χ0) is 13.4. The van der Waals surface area contributed by atoms with Gasteiger partial charge in [-0.15, -0.1) is 11.3 Å². The summed E-state index contributed by atoms with van der Waals surface area (Å²) in [5.41, 5.74) is 0. The third-order valence-electron chi connectivity index (χ3n) is 3.25. The highest BCUT2D eigenvalue weighted by Gasteiger charge is 2.24. The summed E-state index contributed by atoms with van der Waals surface area (Å²) in [7, 11) is 0. The maximum Gasteiger partial charge on any atom is 0.264 e. The number of amides is 1. The molecule has 3 rings (SSSR count). The predicted molar refractivity (Wildman–Crippen MR) is 73.1 cm³/mol. The fourth-order valence-corrected chi connectivity index (χ4v) is 3.33. The van der Waals surface area contributed by atoms with Gasteiger partial charge in [0, 0.05) is 23.2 Å². The first-order valence-electron chi connectivity index (χ1n) is 6.24. The van der Waals surface area contributed by atoms with Crippen LogP contribution in [0.25, 0.3) is 10.1 Å². The van der Waals surface area contributed by atoms with Gasteiger partial charge in [0.25, 0.3) is 5.91 Å². The molecule has 1 aromatic heterocycles. The number of hydrogen-bond donors (Lipinski definition) is 0. The van der Waals surface area contributed by atoms with Gasteiger partial charge in [-0.25, -0.2) is 4.39 Å². The molecule has 0 N–H and O–H groups in total. The van der Waals surface area contributed by atoms with E-state index in [0.717, 1.165) is 4.70 Å². The Morgan fingerprint density at radius 1 is 1.53 bits per heavy atom. The minimum atomic E-state index is -0.275. The minimum absolute atomic E-state index is 0.0317. The van der Waals surface area contributed by atoms with Gasteiger partial charge < -0.3 is 9.64 Å². The van der Waals surface area contributed by atoms with Crippen LogP contribution in [0.4, 0.5) is 4.39 Å². The van der Waals surface area contributed by atoms with E-state index in [0.29, 0.717) is 30.0 Å². The van der Waals surface area contributed by atoms with Crippen LogP contribution < -0.4 is 0 Å². The van der Waals surface area contributed by atoms with Gasteiger partial charge >= 0.3 is 0 Å². The van der Waals surface area contributed by atoms with E-state index < -0.39 is 0 Å². The molecule has 2 aromatic rings. The Bertz CT molecular complexity index is 625. The molecule has 100 valence electrons. The summed E-state index contributed by atoms with van der Waals surface area (Å²) in [5.74, 6) is -0.307. The quantitative estimate of drug-likeness (QED) is 0.803. The van der Waals surface area contributed by atoms with E-state index in [1.54, 1.807) is 17.0 Å². The first-order chi connectivity index (χ1) is 9.15. The zero-order valence-corrected chi connectivity index (χ0v) is 11.4. The number of fused-ring (bicyclic) bond motifs is 1. The molecule has 5 heteroatoms. The summed E-state index contributed by atoms with van der Waals surface area (Å²) < 4.78 is 19.9. The molecule has 1 saturated heterocycles. The number of benzene rings is 1. The molecule has 0 radical (unpaired) electrons. The molecule has 1 aliphatic rings. The van der Waals surface area contributed by atoms with Crippen LogP contribution in [0.3, 0.4) is 0 Å². The molecular formula is C14H14FNO2S. The molecule has 0 saturated carbocycles. The van der Waals surface area contributed by atoms with Gasteiger partial charge in [0.2, 0.25) is 0 Å². The van der Waals surface area contributed by atoms with Crippen LogP contribution in [0.5, 0.6) is 0 Å². The van der Waals surface area contributed by atoms with Crippen molar-refractivity contribution in [3.05, 3.63) is 35.0 Å². The predicted octanol–water partition coefficient (Wildman–Crippen LogP) is 2.90. The van der Waals surface area contributed by atoms with Gasteiger partial charge in [0.15, 0.2) is 0 Å². The lowest BCUT2D eigenvalue weighted by atomic mass is 10.2. The van der Waals surface area contributed by atoms with E-state index in [2.05, 4.69) is 0 Å². The van der Waals surface area contributed by atoms with Crippen molar-refractivity contribution in [2.45, 2.75) is 13.0 Å². The fraction of sp³-hybridized carbons (Fsp3) is 0.357. The monoisotopic (exact) mass is 279 g/mol. The average molecular weight is 279 g/mol. The normalized spacial score (nSPS) is 19.9. The highest BCUT2D eigenvalue weighted by Crippen LogP contribution is 2.28. The number of morpholine rings is 1. The van der Waals surface area contributed by atoms with Crippen LogP contribution >= 0.6 is 11.3 Å². The maximum absolute atomic E-state index is 13.6. The number of thiophene rings is 1. The van der Waals surface area contributed by atoms with Crippen LogP contribution in [-0.4, -0.2) is 36.6 Å². The van der Waals surface area contributed by atoms with Crippen molar-refractivity contribution in [2.75, 3.05) is 19.7 Å². The highest BCUT2D eigenvalue weighted by molar-refractivity contribution is 7.20. The topological polar surface area (TPSA) is 29.5 Å². The van der Waals surface area contributed by atoms with E-state index in [-0.39, 0.29) is 17.8 Å². The largest absolute Gasteiger partial charge is 0.375 e. The van der Waals surface area contributed by atoms with E-state index in [1.807, 2.05) is 13.0 Å². The summed E-state index contributed by atoms with van der Waals surface area (Å²) in [6.45, 7) is 3.70. The Morgan fingerprint density at radius 3 is 3.11 bits per heavy atom. The molecule has 0 unspecified atom stereocenters. The van der Waals surface area contributed by atoms with Gasteiger partial charge in [-0.1, -0.05) is 6.07 Å². The minimum Gasteiger partial charge on any atom is -0.375 e. The van der Waals surface area contributed by atoms with Gasteiger partial charge in [-0.05, 0) is 25.1 Å². The van der Waals surface area contributed by atoms with Crippen LogP contribution in [-0.2, 0) is 4.74 Å². The van der Waals surface area contributed by atoms with Crippen molar-refractivity contribution >= 4 is 27.3 Å². The molecule has 3 nitrogen and oxygen atoms in total. The van der Waals surface area contributed by atoms with Crippen molar-refractivity contribution in [1.29, 1.82) is 0 Å². The number of carbonyl (C=O) groups is 1. The SMILES string of the molecule is C[C@@H]1CN(C(=O)c2cc3c(F)cccc3s2)CCO1. The molecule has 1 aromatic carbocycles. The van der Waals surface area contributed by atoms with Crippen LogP contribution in [0.15, 0.2) is 24.3 Å². The smallest absolute Gasteiger partial charge is 0.264 e. The Morgan fingerprint density at radius 2 is 2.37 bits per heavy atom. The summed E-state index contributed by atoms with van der Waals surface area (Å²) in [4.78, 5) is 14.8. The summed E-state index contributed by atoms with van der Waals surface area (Å²) in [6, 6.07) is 6.57. The number of carbonyl (C=O) groups excluding carboxylic acids is 1. The van der Waals surface area contributed by atoms with Crippen molar-refractivity contribution in [3.63, 3.8) is 0 Å². The fourth-order valence-electron chi connectivity index (χ4n) is 2.29. The third kappa shape index (κ3) is 2.35. The molecule has 1 amide bonds. The first-order valence-corrected chi connectivity index (χ1v) is 7.06. The second-order valence-electron chi connectivity index (χ2n) is 4.69. The number of rotatable bonds is 1.